The lowest BCUT2D eigenvalue weighted by atomic mass is 10.3. The third-order valence-electron chi connectivity index (χ3n) is 4.96. The SMILES string of the molecule is CN(C(=O)Cn1cnc2c(cnn2C2CCS(=O)(=O)C2)c1=O)c1ccccc1. The van der Waals surface area contributed by atoms with Gasteiger partial charge in [0.05, 0.1) is 23.7 Å². The van der Waals surface area contributed by atoms with E-state index in [1.165, 1.54) is 26.7 Å². The van der Waals surface area contributed by atoms with Gasteiger partial charge in [0.25, 0.3) is 5.56 Å². The van der Waals surface area contributed by atoms with Crippen LogP contribution in [0.15, 0.2) is 47.7 Å². The summed E-state index contributed by atoms with van der Waals surface area (Å²) in [5.41, 5.74) is 0.684. The highest BCUT2D eigenvalue weighted by molar-refractivity contribution is 7.91. The molecule has 1 saturated heterocycles. The molecule has 10 heteroatoms. The van der Waals surface area contributed by atoms with Crippen LogP contribution in [0.4, 0.5) is 5.69 Å². The standard InChI is InChI=1S/C18H19N5O4S/c1-21(13-5-3-2-4-6-13)16(24)10-22-12-19-17-15(18(22)25)9-20-23(17)14-7-8-28(26,27)11-14/h2-6,9,12,14H,7-8,10-11H2,1H3. The fourth-order valence-corrected chi connectivity index (χ4v) is 5.05. The molecule has 4 rings (SSSR count). The van der Waals surface area contributed by atoms with Crippen molar-refractivity contribution in [1.29, 1.82) is 0 Å². The summed E-state index contributed by atoms with van der Waals surface area (Å²) in [6, 6.07) is 8.81. The van der Waals surface area contributed by atoms with Gasteiger partial charge in [-0.2, -0.15) is 5.10 Å². The molecule has 0 spiro atoms. The first-order chi connectivity index (χ1) is 13.4. The lowest BCUT2D eigenvalue weighted by Crippen LogP contribution is -2.34. The number of sulfone groups is 1. The van der Waals surface area contributed by atoms with Crippen LogP contribution < -0.4 is 10.5 Å². The van der Waals surface area contributed by atoms with Gasteiger partial charge in [-0.25, -0.2) is 18.1 Å². The van der Waals surface area contributed by atoms with E-state index in [-0.39, 0.29) is 40.9 Å². The molecule has 1 aromatic carbocycles. The van der Waals surface area contributed by atoms with Gasteiger partial charge in [0.2, 0.25) is 5.91 Å². The molecule has 1 unspecified atom stereocenters. The van der Waals surface area contributed by atoms with Gasteiger partial charge < -0.3 is 4.90 Å². The number of para-hydroxylation sites is 1. The van der Waals surface area contributed by atoms with Crippen molar-refractivity contribution in [1.82, 2.24) is 19.3 Å². The summed E-state index contributed by atoms with van der Waals surface area (Å²) >= 11 is 0. The summed E-state index contributed by atoms with van der Waals surface area (Å²) in [7, 11) is -1.44. The van der Waals surface area contributed by atoms with E-state index in [1.807, 2.05) is 30.3 Å². The first-order valence-electron chi connectivity index (χ1n) is 8.80. The normalized spacial score (nSPS) is 18.4. The molecule has 1 aliphatic heterocycles. The number of hydrogen-bond donors (Lipinski definition) is 0. The van der Waals surface area contributed by atoms with Crippen molar-refractivity contribution in [3.05, 3.63) is 53.2 Å². The number of carbonyl (C=O) groups is 1. The zero-order valence-corrected chi connectivity index (χ0v) is 16.0. The Morgan fingerprint density at radius 2 is 2.04 bits per heavy atom. The van der Waals surface area contributed by atoms with Crippen LogP contribution in [0.5, 0.6) is 0 Å². The van der Waals surface area contributed by atoms with Crippen LogP contribution in [0, 0.1) is 0 Å². The first-order valence-corrected chi connectivity index (χ1v) is 10.6. The van der Waals surface area contributed by atoms with E-state index in [1.54, 1.807) is 7.05 Å². The number of benzene rings is 1. The van der Waals surface area contributed by atoms with E-state index in [4.69, 9.17) is 0 Å². The minimum absolute atomic E-state index is 0.00506. The monoisotopic (exact) mass is 401 g/mol. The molecule has 1 amide bonds. The topological polar surface area (TPSA) is 107 Å². The average molecular weight is 401 g/mol. The van der Waals surface area contributed by atoms with E-state index in [0.29, 0.717) is 12.1 Å². The Morgan fingerprint density at radius 3 is 2.71 bits per heavy atom. The van der Waals surface area contributed by atoms with Crippen LogP contribution in [0.3, 0.4) is 0 Å². The van der Waals surface area contributed by atoms with Crippen LogP contribution in [-0.4, -0.2) is 52.2 Å². The van der Waals surface area contributed by atoms with Gasteiger partial charge in [-0.1, -0.05) is 18.2 Å². The van der Waals surface area contributed by atoms with Gasteiger partial charge in [0.1, 0.15) is 18.3 Å². The molecule has 9 nitrogen and oxygen atoms in total. The molecular weight excluding hydrogens is 382 g/mol. The molecule has 2 aromatic heterocycles. The second-order valence-electron chi connectivity index (χ2n) is 6.85. The molecule has 3 aromatic rings. The number of fused-ring (bicyclic) bond motifs is 1. The summed E-state index contributed by atoms with van der Waals surface area (Å²) < 4.78 is 26.2. The van der Waals surface area contributed by atoms with Crippen LogP contribution in [0.1, 0.15) is 12.5 Å². The zero-order valence-electron chi connectivity index (χ0n) is 15.2. The van der Waals surface area contributed by atoms with Gasteiger partial charge in [0.15, 0.2) is 15.5 Å². The second kappa shape index (κ2) is 6.86. The number of carbonyl (C=O) groups excluding carboxylic acids is 1. The van der Waals surface area contributed by atoms with Crippen LogP contribution >= 0.6 is 0 Å². The summed E-state index contributed by atoms with van der Waals surface area (Å²) in [6.45, 7) is -0.157. The molecule has 3 heterocycles. The smallest absolute Gasteiger partial charge is 0.264 e. The molecule has 1 aliphatic rings. The summed E-state index contributed by atoms with van der Waals surface area (Å²) in [6.07, 6.45) is 3.14. The molecular formula is C18H19N5O4S. The lowest BCUT2D eigenvalue weighted by Gasteiger charge is -2.17. The molecule has 0 bridgehead atoms. The minimum Gasteiger partial charge on any atom is -0.314 e. The van der Waals surface area contributed by atoms with Crippen molar-refractivity contribution in [2.75, 3.05) is 23.5 Å². The third-order valence-corrected chi connectivity index (χ3v) is 6.71. The number of nitrogens with zero attached hydrogens (tertiary/aromatic N) is 5. The predicted octanol–water partition coefficient (Wildman–Crippen LogP) is 0.616. The number of likely N-dealkylation sites (N-methyl/N-ethyl adjacent to an activating group) is 1. The van der Waals surface area contributed by atoms with E-state index in [9.17, 15) is 18.0 Å². The molecule has 146 valence electrons. The Bertz CT molecular complexity index is 1200. The largest absolute Gasteiger partial charge is 0.314 e. The van der Waals surface area contributed by atoms with Crippen LogP contribution in [-0.2, 0) is 21.2 Å². The van der Waals surface area contributed by atoms with Crippen molar-refractivity contribution in [3.63, 3.8) is 0 Å². The first kappa shape index (κ1) is 18.4. The molecule has 0 radical (unpaired) electrons. The van der Waals surface area contributed by atoms with Crippen molar-refractivity contribution in [3.8, 4) is 0 Å². The van der Waals surface area contributed by atoms with Gasteiger partial charge in [-0.15, -0.1) is 0 Å². The van der Waals surface area contributed by atoms with Crippen LogP contribution in [0.2, 0.25) is 0 Å². The maximum atomic E-state index is 12.8. The predicted molar refractivity (Wildman–Crippen MR) is 104 cm³/mol. The Labute approximate surface area is 161 Å². The summed E-state index contributed by atoms with van der Waals surface area (Å²) in [5, 5.41) is 4.45. The highest BCUT2D eigenvalue weighted by atomic mass is 32.2. The minimum atomic E-state index is -3.08. The fourth-order valence-electron chi connectivity index (χ4n) is 3.36. The highest BCUT2D eigenvalue weighted by Gasteiger charge is 2.31. The van der Waals surface area contributed by atoms with Gasteiger partial charge in [-0.05, 0) is 18.6 Å². The summed E-state index contributed by atoms with van der Waals surface area (Å²) in [4.78, 5) is 31.1. The Balaban J connectivity index is 1.61. The average Bonchev–Trinajstić information content (AvgIpc) is 3.27. The number of aromatic nitrogens is 4. The van der Waals surface area contributed by atoms with E-state index in [0.717, 1.165) is 5.69 Å². The maximum Gasteiger partial charge on any atom is 0.264 e. The molecule has 1 atom stereocenters. The number of anilines is 1. The van der Waals surface area contributed by atoms with E-state index in [2.05, 4.69) is 10.1 Å². The zero-order chi connectivity index (χ0) is 19.9. The Hall–Kier alpha value is -3.01. The third kappa shape index (κ3) is 3.31. The van der Waals surface area contributed by atoms with Gasteiger partial charge >= 0.3 is 0 Å². The van der Waals surface area contributed by atoms with Gasteiger partial charge in [0, 0.05) is 12.7 Å². The number of amides is 1. The molecule has 28 heavy (non-hydrogen) atoms. The Kier molecular flexibility index (Phi) is 4.50. The highest BCUT2D eigenvalue weighted by Crippen LogP contribution is 2.25. The quantitative estimate of drug-likeness (QED) is 0.634. The van der Waals surface area contributed by atoms with Crippen molar-refractivity contribution >= 4 is 32.5 Å². The van der Waals surface area contributed by atoms with E-state index >= 15 is 0 Å². The molecule has 1 fully saturated rings. The lowest BCUT2D eigenvalue weighted by molar-refractivity contribution is -0.118. The second-order valence-corrected chi connectivity index (χ2v) is 9.08. The van der Waals surface area contributed by atoms with Crippen molar-refractivity contribution in [2.24, 2.45) is 0 Å². The molecule has 0 saturated carbocycles. The van der Waals surface area contributed by atoms with Crippen molar-refractivity contribution in [2.45, 2.75) is 19.0 Å². The van der Waals surface area contributed by atoms with Gasteiger partial charge in [-0.3, -0.25) is 14.2 Å². The fraction of sp³-hybridized carbons (Fsp3) is 0.333. The molecule has 0 aliphatic carbocycles. The number of rotatable bonds is 4. The summed E-state index contributed by atoms with van der Waals surface area (Å²) in [5.74, 6) is -0.158. The number of hydrogen-bond acceptors (Lipinski definition) is 6. The maximum absolute atomic E-state index is 12.8. The molecule has 0 N–H and O–H groups in total. The van der Waals surface area contributed by atoms with E-state index < -0.39 is 9.84 Å². The van der Waals surface area contributed by atoms with Crippen molar-refractivity contribution < 1.29 is 13.2 Å². The Morgan fingerprint density at radius 1 is 1.29 bits per heavy atom. The van der Waals surface area contributed by atoms with Crippen LogP contribution in [0.25, 0.3) is 11.0 Å².